The third-order valence-corrected chi connectivity index (χ3v) is 7.15. The normalized spacial score (nSPS) is 11.0. The van der Waals surface area contributed by atoms with Gasteiger partial charge in [0.05, 0.1) is 22.2 Å². The summed E-state index contributed by atoms with van der Waals surface area (Å²) in [5, 5.41) is 14.1. The number of hydrogen-bond acceptors (Lipinski definition) is 5. The number of nitrogens with one attached hydrogen (secondary N) is 1. The predicted octanol–water partition coefficient (Wildman–Crippen LogP) is 9.01. The largest absolute Gasteiger partial charge is 0.493 e. The van der Waals surface area contributed by atoms with Crippen LogP contribution in [0.2, 0.25) is 20.1 Å². The monoisotopic (exact) mass is 626 g/mol. The highest BCUT2D eigenvalue weighted by Gasteiger charge is 2.15. The first-order valence-electron chi connectivity index (χ1n) is 12.1. The maximum atomic E-state index is 12.8. The fourth-order valence-corrected chi connectivity index (χ4v) is 4.46. The molecule has 0 fully saturated rings. The van der Waals surface area contributed by atoms with E-state index in [-0.39, 0.29) is 17.2 Å². The maximum Gasteiger partial charge on any atom is 0.266 e. The average molecular weight is 628 g/mol. The van der Waals surface area contributed by atoms with Gasteiger partial charge in [-0.05, 0) is 71.8 Å². The smallest absolute Gasteiger partial charge is 0.266 e. The van der Waals surface area contributed by atoms with Gasteiger partial charge in [-0.15, -0.1) is 0 Å². The first kappa shape index (κ1) is 30.1. The molecule has 10 heteroatoms. The van der Waals surface area contributed by atoms with Crippen LogP contribution in [0.4, 0.5) is 5.69 Å². The molecule has 1 amide bonds. The van der Waals surface area contributed by atoms with Crippen molar-refractivity contribution in [2.24, 2.45) is 0 Å². The van der Waals surface area contributed by atoms with Crippen molar-refractivity contribution in [3.63, 3.8) is 0 Å². The number of halogens is 4. The lowest BCUT2D eigenvalue weighted by molar-refractivity contribution is -0.112. The van der Waals surface area contributed by atoms with Gasteiger partial charge in [0.25, 0.3) is 5.91 Å². The minimum absolute atomic E-state index is 0.133. The number of rotatable bonds is 10. The van der Waals surface area contributed by atoms with Crippen LogP contribution < -0.4 is 19.5 Å². The Morgan fingerprint density at radius 1 is 0.854 bits per heavy atom. The van der Waals surface area contributed by atoms with Gasteiger partial charge < -0.3 is 19.5 Å². The summed E-state index contributed by atoms with van der Waals surface area (Å²) >= 11 is 24.7. The first-order valence-corrected chi connectivity index (χ1v) is 13.6. The van der Waals surface area contributed by atoms with Crippen molar-refractivity contribution in [3.05, 3.63) is 121 Å². The van der Waals surface area contributed by atoms with Crippen LogP contribution in [-0.4, -0.2) is 13.0 Å². The van der Waals surface area contributed by atoms with E-state index in [1.807, 2.05) is 24.3 Å². The summed E-state index contributed by atoms with van der Waals surface area (Å²) in [6.07, 6.45) is 1.41. The molecule has 41 heavy (non-hydrogen) atoms. The third kappa shape index (κ3) is 8.09. The van der Waals surface area contributed by atoms with Crippen molar-refractivity contribution in [2.45, 2.75) is 13.2 Å². The van der Waals surface area contributed by atoms with Crippen LogP contribution in [0.15, 0.2) is 84.4 Å². The molecule has 0 saturated carbocycles. The maximum absolute atomic E-state index is 12.8. The Kier molecular flexibility index (Phi) is 10.4. The van der Waals surface area contributed by atoms with Crippen molar-refractivity contribution in [1.29, 1.82) is 5.26 Å². The summed E-state index contributed by atoms with van der Waals surface area (Å²) in [5.41, 5.74) is 2.47. The quantitative estimate of drug-likeness (QED) is 0.140. The topological polar surface area (TPSA) is 80.6 Å². The van der Waals surface area contributed by atoms with Gasteiger partial charge in [-0.3, -0.25) is 4.79 Å². The molecule has 0 heterocycles. The lowest BCUT2D eigenvalue weighted by Gasteiger charge is -2.14. The Labute approximate surface area is 257 Å². The molecule has 0 aromatic heterocycles. The molecule has 0 saturated heterocycles. The third-order valence-electron chi connectivity index (χ3n) is 5.76. The molecular weight excluding hydrogens is 606 g/mol. The molecular formula is C31H22Cl4N2O4. The van der Waals surface area contributed by atoms with E-state index in [1.165, 1.54) is 13.2 Å². The first-order chi connectivity index (χ1) is 19.8. The molecule has 208 valence electrons. The fraction of sp³-hybridized carbons (Fsp3) is 0.0968. The molecule has 0 aliphatic rings. The van der Waals surface area contributed by atoms with Gasteiger partial charge in [-0.1, -0.05) is 70.7 Å². The van der Waals surface area contributed by atoms with Crippen LogP contribution >= 0.6 is 46.4 Å². The van der Waals surface area contributed by atoms with Gasteiger partial charge in [0.15, 0.2) is 11.5 Å². The summed E-state index contributed by atoms with van der Waals surface area (Å²) in [5.74, 6) is 0.639. The number of anilines is 1. The fourth-order valence-electron chi connectivity index (χ4n) is 3.67. The number of nitriles is 1. The van der Waals surface area contributed by atoms with E-state index in [0.29, 0.717) is 50.2 Å². The SMILES string of the molecule is COc1cc(/C=C(\C#N)C(=O)Nc2ccc(OCc3ccccc3Cl)cc2)cc(Cl)c1OCc1ccc(Cl)c(Cl)c1. The number of amides is 1. The Balaban J connectivity index is 1.42. The molecule has 4 rings (SSSR count). The number of benzene rings is 4. The summed E-state index contributed by atoms with van der Waals surface area (Å²) in [4.78, 5) is 12.8. The Morgan fingerprint density at radius 2 is 1.61 bits per heavy atom. The van der Waals surface area contributed by atoms with E-state index in [2.05, 4.69) is 5.32 Å². The van der Waals surface area contributed by atoms with Gasteiger partial charge in [0.1, 0.15) is 30.6 Å². The number of carbonyl (C=O) groups is 1. The summed E-state index contributed by atoms with van der Waals surface area (Å²) < 4.78 is 17.1. The molecule has 0 bridgehead atoms. The molecule has 0 unspecified atom stereocenters. The zero-order valence-electron chi connectivity index (χ0n) is 21.6. The zero-order chi connectivity index (χ0) is 29.4. The van der Waals surface area contributed by atoms with Crippen LogP contribution in [0.1, 0.15) is 16.7 Å². The highest BCUT2D eigenvalue weighted by Crippen LogP contribution is 2.38. The van der Waals surface area contributed by atoms with Crippen molar-refractivity contribution in [1.82, 2.24) is 0 Å². The summed E-state index contributed by atoms with van der Waals surface area (Å²) in [6.45, 7) is 0.468. The highest BCUT2D eigenvalue weighted by molar-refractivity contribution is 6.42. The van der Waals surface area contributed by atoms with Crippen LogP contribution in [0.25, 0.3) is 6.08 Å². The molecule has 4 aromatic rings. The van der Waals surface area contributed by atoms with Crippen LogP contribution in [0.5, 0.6) is 17.2 Å². The Bertz CT molecular complexity index is 1630. The minimum atomic E-state index is -0.590. The van der Waals surface area contributed by atoms with Crippen molar-refractivity contribution < 1.29 is 19.0 Å². The number of carbonyl (C=O) groups excluding carboxylic acids is 1. The van der Waals surface area contributed by atoms with Gasteiger partial charge in [0.2, 0.25) is 0 Å². The molecule has 1 N–H and O–H groups in total. The Hall–Kier alpha value is -3.86. The van der Waals surface area contributed by atoms with Crippen LogP contribution in [0.3, 0.4) is 0 Å². The van der Waals surface area contributed by atoms with Crippen molar-refractivity contribution >= 4 is 64.1 Å². The molecule has 0 radical (unpaired) electrons. The van der Waals surface area contributed by atoms with Crippen molar-refractivity contribution in [3.8, 4) is 23.3 Å². The molecule has 0 atom stereocenters. The van der Waals surface area contributed by atoms with E-state index in [1.54, 1.807) is 60.7 Å². The molecule has 4 aromatic carbocycles. The van der Waals surface area contributed by atoms with E-state index in [4.69, 9.17) is 60.6 Å². The number of hydrogen-bond donors (Lipinski definition) is 1. The lowest BCUT2D eigenvalue weighted by Crippen LogP contribution is -2.13. The van der Waals surface area contributed by atoms with E-state index in [9.17, 15) is 10.1 Å². The molecule has 6 nitrogen and oxygen atoms in total. The second-order valence-corrected chi connectivity index (χ2v) is 10.2. The van der Waals surface area contributed by atoms with Crippen molar-refractivity contribution in [2.75, 3.05) is 12.4 Å². The summed E-state index contributed by atoms with van der Waals surface area (Å²) in [6, 6.07) is 24.5. The van der Waals surface area contributed by atoms with E-state index >= 15 is 0 Å². The predicted molar refractivity (Wildman–Crippen MR) is 163 cm³/mol. The van der Waals surface area contributed by atoms with E-state index < -0.39 is 5.91 Å². The number of methoxy groups -OCH3 is 1. The van der Waals surface area contributed by atoms with Crippen LogP contribution in [0, 0.1) is 11.3 Å². The average Bonchev–Trinajstić information content (AvgIpc) is 2.97. The molecule has 0 aliphatic carbocycles. The lowest BCUT2D eigenvalue weighted by atomic mass is 10.1. The zero-order valence-corrected chi connectivity index (χ0v) is 24.6. The number of nitrogens with zero attached hydrogens (tertiary/aromatic N) is 1. The second kappa shape index (κ2) is 14.2. The minimum Gasteiger partial charge on any atom is -0.493 e. The molecule has 0 spiro atoms. The van der Waals surface area contributed by atoms with E-state index in [0.717, 1.165) is 11.1 Å². The molecule has 0 aliphatic heterocycles. The highest BCUT2D eigenvalue weighted by atomic mass is 35.5. The van der Waals surface area contributed by atoms with Gasteiger partial charge in [0, 0.05) is 16.3 Å². The summed E-state index contributed by atoms with van der Waals surface area (Å²) in [7, 11) is 1.46. The standard InChI is InChI=1S/C31H22Cl4N2O4/c1-39-29-15-20(14-28(35)30(29)41-17-19-6-11-26(33)27(34)13-19)12-22(16-36)31(38)37-23-7-9-24(10-8-23)40-18-21-4-2-3-5-25(21)32/h2-15H,17-18H2,1H3,(H,37,38)/b22-12+. The number of ether oxygens (including phenoxy) is 3. The van der Waals surface area contributed by atoms with Gasteiger partial charge in [-0.2, -0.15) is 5.26 Å². The van der Waals surface area contributed by atoms with Crippen LogP contribution in [-0.2, 0) is 18.0 Å². The second-order valence-electron chi connectivity index (χ2n) is 8.60. The van der Waals surface area contributed by atoms with Gasteiger partial charge >= 0.3 is 0 Å². The van der Waals surface area contributed by atoms with Gasteiger partial charge in [-0.25, -0.2) is 0 Å². The Morgan fingerprint density at radius 3 is 2.29 bits per heavy atom.